The summed E-state index contributed by atoms with van der Waals surface area (Å²) in [5.41, 5.74) is 0. The van der Waals surface area contributed by atoms with Gasteiger partial charge < -0.3 is 10.1 Å². The largest absolute Gasteiger partial charge is 0.381 e. The number of rotatable bonds is 8. The third-order valence-corrected chi connectivity index (χ3v) is 4.72. The number of hydrogen-bond donors (Lipinski definition) is 2. The zero-order valence-electron chi connectivity index (χ0n) is 10.7. The van der Waals surface area contributed by atoms with Gasteiger partial charge in [0, 0.05) is 17.9 Å². The topological polar surface area (TPSA) is 98.5 Å². The molecule has 0 aromatic carbocycles. The van der Waals surface area contributed by atoms with Crippen molar-refractivity contribution in [2.75, 3.05) is 13.2 Å². The lowest BCUT2D eigenvalue weighted by atomic mass is 10.4. The van der Waals surface area contributed by atoms with E-state index >= 15 is 0 Å². The molecule has 0 aliphatic heterocycles. The van der Waals surface area contributed by atoms with E-state index in [0.717, 1.165) is 22.6 Å². The second kappa shape index (κ2) is 7.59. The van der Waals surface area contributed by atoms with Gasteiger partial charge >= 0.3 is 0 Å². The van der Waals surface area contributed by atoms with E-state index in [1.54, 1.807) is 6.07 Å². The summed E-state index contributed by atoms with van der Waals surface area (Å²) < 4.78 is 27.4. The summed E-state index contributed by atoms with van der Waals surface area (Å²) in [6.07, 6.45) is 1.22. The standard InChI is InChI=1S/C11H18N2O4S2/c1-2-6-17-7-5-10(14)13-8-9-3-4-11(18-9)19(12,15)16/h3-4H,2,5-8H2,1H3,(H,13,14)(H2,12,15,16). The molecule has 3 N–H and O–H groups in total. The highest BCUT2D eigenvalue weighted by Gasteiger charge is 2.11. The molecule has 19 heavy (non-hydrogen) atoms. The lowest BCUT2D eigenvalue weighted by Gasteiger charge is -2.04. The maximum Gasteiger partial charge on any atom is 0.247 e. The van der Waals surface area contributed by atoms with Crippen molar-refractivity contribution in [2.24, 2.45) is 5.14 Å². The van der Waals surface area contributed by atoms with Gasteiger partial charge in [-0.05, 0) is 18.6 Å². The average molecular weight is 306 g/mol. The number of sulfonamides is 1. The van der Waals surface area contributed by atoms with Crippen LogP contribution in [0.1, 0.15) is 24.6 Å². The van der Waals surface area contributed by atoms with E-state index in [1.807, 2.05) is 6.92 Å². The van der Waals surface area contributed by atoms with Crippen LogP contribution in [0.2, 0.25) is 0 Å². The van der Waals surface area contributed by atoms with Crippen LogP contribution >= 0.6 is 11.3 Å². The van der Waals surface area contributed by atoms with Crippen LogP contribution in [-0.2, 0) is 26.1 Å². The monoisotopic (exact) mass is 306 g/mol. The first kappa shape index (κ1) is 16.1. The molecule has 0 aliphatic rings. The van der Waals surface area contributed by atoms with Crippen LogP contribution in [-0.4, -0.2) is 27.5 Å². The summed E-state index contributed by atoms with van der Waals surface area (Å²) in [4.78, 5) is 12.2. The van der Waals surface area contributed by atoms with Gasteiger partial charge in [-0.15, -0.1) is 11.3 Å². The number of carbonyl (C=O) groups excluding carboxylic acids is 1. The van der Waals surface area contributed by atoms with Crippen LogP contribution < -0.4 is 10.5 Å². The van der Waals surface area contributed by atoms with Crippen molar-refractivity contribution in [3.05, 3.63) is 17.0 Å². The second-order valence-corrected chi connectivity index (χ2v) is 6.86. The van der Waals surface area contributed by atoms with Gasteiger partial charge in [0.1, 0.15) is 4.21 Å². The van der Waals surface area contributed by atoms with E-state index < -0.39 is 10.0 Å². The molecule has 0 atom stereocenters. The highest BCUT2D eigenvalue weighted by atomic mass is 32.2. The van der Waals surface area contributed by atoms with Gasteiger partial charge in [-0.1, -0.05) is 6.92 Å². The van der Waals surface area contributed by atoms with Crippen LogP contribution in [0.3, 0.4) is 0 Å². The third-order valence-electron chi connectivity index (χ3n) is 2.20. The van der Waals surface area contributed by atoms with Crippen LogP contribution in [0.5, 0.6) is 0 Å². The smallest absolute Gasteiger partial charge is 0.247 e. The first-order valence-electron chi connectivity index (χ1n) is 5.89. The normalized spacial score (nSPS) is 11.5. The predicted octanol–water partition coefficient (Wildman–Crippen LogP) is 0.828. The molecule has 0 unspecified atom stereocenters. The molecule has 108 valence electrons. The number of nitrogens with one attached hydrogen (secondary N) is 1. The first-order chi connectivity index (χ1) is 8.93. The van der Waals surface area contributed by atoms with Crippen molar-refractivity contribution in [1.82, 2.24) is 5.32 Å². The lowest BCUT2D eigenvalue weighted by molar-refractivity contribution is -0.122. The Morgan fingerprint density at radius 3 is 2.74 bits per heavy atom. The molecule has 6 nitrogen and oxygen atoms in total. The quantitative estimate of drug-likeness (QED) is 0.695. The van der Waals surface area contributed by atoms with Crippen molar-refractivity contribution in [3.8, 4) is 0 Å². The zero-order valence-corrected chi connectivity index (χ0v) is 12.4. The van der Waals surface area contributed by atoms with E-state index in [9.17, 15) is 13.2 Å². The van der Waals surface area contributed by atoms with Gasteiger partial charge in [-0.25, -0.2) is 13.6 Å². The Morgan fingerprint density at radius 1 is 1.42 bits per heavy atom. The molecular weight excluding hydrogens is 288 g/mol. The average Bonchev–Trinajstić information content (AvgIpc) is 2.81. The van der Waals surface area contributed by atoms with E-state index in [1.165, 1.54) is 6.07 Å². The Morgan fingerprint density at radius 2 is 2.16 bits per heavy atom. The number of nitrogens with two attached hydrogens (primary N) is 1. The molecule has 1 amide bonds. The molecule has 0 fully saturated rings. The number of amides is 1. The summed E-state index contributed by atoms with van der Waals surface area (Å²) in [6.45, 7) is 3.34. The van der Waals surface area contributed by atoms with E-state index in [0.29, 0.717) is 26.2 Å². The lowest BCUT2D eigenvalue weighted by Crippen LogP contribution is -2.23. The van der Waals surface area contributed by atoms with Crippen molar-refractivity contribution in [1.29, 1.82) is 0 Å². The maximum absolute atomic E-state index is 11.5. The summed E-state index contributed by atoms with van der Waals surface area (Å²) in [5.74, 6) is -0.123. The molecule has 1 aromatic rings. The fourth-order valence-corrected chi connectivity index (χ4v) is 3.01. The number of hydrogen-bond acceptors (Lipinski definition) is 5. The molecule has 8 heteroatoms. The second-order valence-electron chi connectivity index (χ2n) is 3.90. The number of thiophene rings is 1. The van der Waals surface area contributed by atoms with Gasteiger partial charge in [0.15, 0.2) is 0 Å². The molecule has 0 saturated carbocycles. The maximum atomic E-state index is 11.5. The van der Waals surface area contributed by atoms with Crippen LogP contribution in [0.4, 0.5) is 0 Å². The molecular formula is C11H18N2O4S2. The molecule has 0 radical (unpaired) electrons. The highest BCUT2D eigenvalue weighted by molar-refractivity contribution is 7.91. The SMILES string of the molecule is CCCOCCC(=O)NCc1ccc(S(N)(=O)=O)s1. The van der Waals surface area contributed by atoms with Crippen molar-refractivity contribution < 1.29 is 17.9 Å². The molecule has 1 aromatic heterocycles. The summed E-state index contributed by atoms with van der Waals surface area (Å²) in [5, 5.41) is 7.70. The van der Waals surface area contributed by atoms with Gasteiger partial charge in [0.25, 0.3) is 0 Å². The summed E-state index contributed by atoms with van der Waals surface area (Å²) in [7, 11) is -3.66. The highest BCUT2D eigenvalue weighted by Crippen LogP contribution is 2.19. The molecule has 0 aliphatic carbocycles. The van der Waals surface area contributed by atoms with Crippen LogP contribution in [0.15, 0.2) is 16.3 Å². The van der Waals surface area contributed by atoms with E-state index in [-0.39, 0.29) is 10.1 Å². The Balaban J connectivity index is 2.32. The third kappa shape index (κ3) is 6.15. The summed E-state index contributed by atoms with van der Waals surface area (Å²) in [6, 6.07) is 3.07. The Kier molecular flexibility index (Phi) is 6.43. The van der Waals surface area contributed by atoms with Crippen LogP contribution in [0, 0.1) is 0 Å². The van der Waals surface area contributed by atoms with Crippen molar-refractivity contribution in [2.45, 2.75) is 30.5 Å². The van der Waals surface area contributed by atoms with Crippen LogP contribution in [0.25, 0.3) is 0 Å². The minimum atomic E-state index is -3.66. The minimum absolute atomic E-state index is 0.100. The van der Waals surface area contributed by atoms with Crippen molar-refractivity contribution >= 4 is 27.3 Å². The summed E-state index contributed by atoms with van der Waals surface area (Å²) >= 11 is 1.05. The van der Waals surface area contributed by atoms with Crippen molar-refractivity contribution in [3.63, 3.8) is 0 Å². The van der Waals surface area contributed by atoms with Gasteiger partial charge in [0.2, 0.25) is 15.9 Å². The number of carbonyl (C=O) groups is 1. The molecule has 0 bridgehead atoms. The minimum Gasteiger partial charge on any atom is -0.381 e. The van der Waals surface area contributed by atoms with Gasteiger partial charge in [-0.3, -0.25) is 4.79 Å². The predicted molar refractivity (Wildman–Crippen MR) is 73.3 cm³/mol. The van der Waals surface area contributed by atoms with Gasteiger partial charge in [0.05, 0.1) is 13.2 Å². The Labute approximate surface area is 117 Å². The molecule has 1 heterocycles. The number of ether oxygens (including phenoxy) is 1. The Bertz CT molecular complexity index is 511. The Hall–Kier alpha value is -0.960. The zero-order chi connectivity index (χ0) is 14.3. The van der Waals surface area contributed by atoms with E-state index in [4.69, 9.17) is 9.88 Å². The first-order valence-corrected chi connectivity index (χ1v) is 8.25. The molecule has 0 saturated heterocycles. The molecule has 0 spiro atoms. The van der Waals surface area contributed by atoms with Gasteiger partial charge in [-0.2, -0.15) is 0 Å². The number of primary sulfonamides is 1. The fourth-order valence-electron chi connectivity index (χ4n) is 1.29. The molecule has 1 rings (SSSR count). The fraction of sp³-hybridized carbons (Fsp3) is 0.545. The van der Waals surface area contributed by atoms with E-state index in [2.05, 4.69) is 5.32 Å².